The van der Waals surface area contributed by atoms with E-state index in [0.29, 0.717) is 12.2 Å². The summed E-state index contributed by atoms with van der Waals surface area (Å²) in [6, 6.07) is 2.00. The van der Waals surface area contributed by atoms with Crippen LogP contribution < -0.4 is 10.5 Å². The van der Waals surface area contributed by atoms with E-state index in [1.165, 1.54) is 28.8 Å². The molecule has 2 rings (SSSR count). The predicted octanol–water partition coefficient (Wildman–Crippen LogP) is -0.242. The molecular formula is C13H19N4O+. The molecule has 18 heavy (non-hydrogen) atoms. The van der Waals surface area contributed by atoms with Gasteiger partial charge >= 0.3 is 0 Å². The third kappa shape index (κ3) is 2.44. The van der Waals surface area contributed by atoms with Gasteiger partial charge in [0, 0.05) is 0 Å². The minimum Gasteiger partial charge on any atom is -0.316 e. The molecule has 0 amide bonds. The number of aromatic nitrogens is 2. The summed E-state index contributed by atoms with van der Waals surface area (Å²) in [5, 5.41) is 13.4. The van der Waals surface area contributed by atoms with Crippen LogP contribution in [0.3, 0.4) is 0 Å². The van der Waals surface area contributed by atoms with Crippen molar-refractivity contribution in [3.8, 4) is 6.07 Å². The average Bonchev–Trinajstić information content (AvgIpc) is 2.38. The van der Waals surface area contributed by atoms with Gasteiger partial charge in [0.2, 0.25) is 0 Å². The van der Waals surface area contributed by atoms with Crippen molar-refractivity contribution in [2.24, 2.45) is 0 Å². The Balaban J connectivity index is 2.31. The second-order valence-corrected chi connectivity index (χ2v) is 4.97. The van der Waals surface area contributed by atoms with E-state index >= 15 is 0 Å². The molecular weight excluding hydrogens is 228 g/mol. The van der Waals surface area contributed by atoms with Crippen molar-refractivity contribution >= 4 is 0 Å². The Morgan fingerprint density at radius 2 is 2.00 bits per heavy atom. The van der Waals surface area contributed by atoms with Gasteiger partial charge in [-0.05, 0) is 38.7 Å². The van der Waals surface area contributed by atoms with Gasteiger partial charge in [-0.1, -0.05) is 0 Å². The number of likely N-dealkylation sites (tertiary alicyclic amines) is 1. The summed E-state index contributed by atoms with van der Waals surface area (Å²) in [4.78, 5) is 13.5. The van der Waals surface area contributed by atoms with Crippen molar-refractivity contribution in [3.05, 3.63) is 27.2 Å². The highest BCUT2D eigenvalue weighted by Crippen LogP contribution is 2.04. The van der Waals surface area contributed by atoms with Crippen molar-refractivity contribution in [2.75, 3.05) is 13.1 Å². The predicted molar refractivity (Wildman–Crippen MR) is 67.2 cm³/mol. The number of aryl methyl sites for hydroxylation is 1. The van der Waals surface area contributed by atoms with Crippen molar-refractivity contribution in [2.45, 2.75) is 39.8 Å². The molecule has 96 valence electrons. The van der Waals surface area contributed by atoms with Crippen LogP contribution in [0.4, 0.5) is 0 Å². The molecule has 1 fully saturated rings. The van der Waals surface area contributed by atoms with Gasteiger partial charge in [0.1, 0.15) is 11.6 Å². The van der Waals surface area contributed by atoms with Crippen LogP contribution in [0, 0.1) is 25.2 Å². The molecule has 5 heteroatoms. The summed E-state index contributed by atoms with van der Waals surface area (Å²) in [7, 11) is 0. The maximum atomic E-state index is 12.1. The van der Waals surface area contributed by atoms with Crippen LogP contribution >= 0.6 is 0 Å². The zero-order chi connectivity index (χ0) is 13.1. The van der Waals surface area contributed by atoms with Crippen LogP contribution in [-0.4, -0.2) is 22.9 Å². The fraction of sp³-hybridized carbons (Fsp3) is 0.615. The molecule has 2 heterocycles. The summed E-state index contributed by atoms with van der Waals surface area (Å²) < 4.78 is 1.46. The molecule has 1 aromatic heterocycles. The minimum absolute atomic E-state index is 0.235. The SMILES string of the molecule is Cc1nn(C[NH+]2CCCCC2)c(=O)c(C#N)c1C. The first-order chi connectivity index (χ1) is 8.63. The van der Waals surface area contributed by atoms with E-state index < -0.39 is 0 Å². The van der Waals surface area contributed by atoms with Crippen molar-refractivity contribution in [1.82, 2.24) is 9.78 Å². The van der Waals surface area contributed by atoms with Crippen molar-refractivity contribution in [3.63, 3.8) is 0 Å². The fourth-order valence-electron chi connectivity index (χ4n) is 2.43. The lowest BCUT2D eigenvalue weighted by atomic mass is 10.1. The number of quaternary nitrogens is 1. The molecule has 1 saturated heterocycles. The molecule has 0 spiro atoms. The van der Waals surface area contributed by atoms with Crippen LogP contribution in [-0.2, 0) is 6.67 Å². The number of nitrogens with one attached hydrogen (secondary N) is 1. The molecule has 1 aliphatic heterocycles. The Hall–Kier alpha value is -1.67. The zero-order valence-electron chi connectivity index (χ0n) is 11.0. The molecule has 1 N–H and O–H groups in total. The maximum absolute atomic E-state index is 12.1. The van der Waals surface area contributed by atoms with Crippen LogP contribution in [0.2, 0.25) is 0 Å². The zero-order valence-corrected chi connectivity index (χ0v) is 11.0. The summed E-state index contributed by atoms with van der Waals surface area (Å²) in [6.45, 7) is 6.37. The maximum Gasteiger partial charge on any atom is 0.289 e. The van der Waals surface area contributed by atoms with E-state index in [2.05, 4.69) is 5.10 Å². The molecule has 0 radical (unpaired) electrons. The molecule has 0 aromatic carbocycles. The number of rotatable bonds is 2. The topological polar surface area (TPSA) is 63.1 Å². The Labute approximate surface area is 107 Å². The molecule has 0 bridgehead atoms. The number of hydrogen-bond acceptors (Lipinski definition) is 3. The fourth-order valence-corrected chi connectivity index (χ4v) is 2.43. The molecule has 5 nitrogen and oxygen atoms in total. The summed E-state index contributed by atoms with van der Waals surface area (Å²) in [6.07, 6.45) is 3.70. The van der Waals surface area contributed by atoms with Crippen LogP contribution in [0.25, 0.3) is 0 Å². The molecule has 0 atom stereocenters. The van der Waals surface area contributed by atoms with Gasteiger partial charge in [-0.25, -0.2) is 0 Å². The van der Waals surface area contributed by atoms with Crippen molar-refractivity contribution in [1.29, 1.82) is 5.26 Å². The average molecular weight is 247 g/mol. The van der Waals surface area contributed by atoms with E-state index in [9.17, 15) is 4.79 Å². The highest BCUT2D eigenvalue weighted by Gasteiger charge is 2.17. The monoisotopic (exact) mass is 247 g/mol. The molecule has 0 unspecified atom stereocenters. The second kappa shape index (κ2) is 5.32. The highest BCUT2D eigenvalue weighted by atomic mass is 16.1. The third-order valence-corrected chi connectivity index (χ3v) is 3.68. The quantitative estimate of drug-likeness (QED) is 0.784. The molecule has 1 aliphatic rings. The minimum atomic E-state index is -0.251. The second-order valence-electron chi connectivity index (χ2n) is 4.97. The first-order valence-electron chi connectivity index (χ1n) is 6.45. The number of hydrogen-bond donors (Lipinski definition) is 1. The molecule has 0 saturated carbocycles. The van der Waals surface area contributed by atoms with Crippen LogP contribution in [0.15, 0.2) is 4.79 Å². The largest absolute Gasteiger partial charge is 0.316 e. The highest BCUT2D eigenvalue weighted by molar-refractivity contribution is 5.36. The van der Waals surface area contributed by atoms with Gasteiger partial charge in [0.25, 0.3) is 5.56 Å². The van der Waals surface area contributed by atoms with Crippen molar-refractivity contribution < 1.29 is 4.90 Å². The van der Waals surface area contributed by atoms with E-state index in [0.717, 1.165) is 18.8 Å². The van der Waals surface area contributed by atoms with Gasteiger partial charge in [-0.15, -0.1) is 0 Å². The van der Waals surface area contributed by atoms with Crippen LogP contribution in [0.1, 0.15) is 36.1 Å². The lowest BCUT2D eigenvalue weighted by molar-refractivity contribution is -0.928. The molecule has 1 aromatic rings. The van der Waals surface area contributed by atoms with Gasteiger partial charge < -0.3 is 4.90 Å². The van der Waals surface area contributed by atoms with Gasteiger partial charge in [-0.3, -0.25) is 4.79 Å². The number of nitriles is 1. The van der Waals surface area contributed by atoms with E-state index in [-0.39, 0.29) is 11.1 Å². The number of piperidine rings is 1. The van der Waals surface area contributed by atoms with Gasteiger partial charge in [0.05, 0.1) is 18.8 Å². The normalized spacial score (nSPS) is 16.5. The van der Waals surface area contributed by atoms with Crippen LogP contribution in [0.5, 0.6) is 0 Å². The van der Waals surface area contributed by atoms with Gasteiger partial charge in [0.15, 0.2) is 6.67 Å². The summed E-state index contributed by atoms with van der Waals surface area (Å²) in [5.74, 6) is 0. The smallest absolute Gasteiger partial charge is 0.289 e. The van der Waals surface area contributed by atoms with Gasteiger partial charge in [-0.2, -0.15) is 15.0 Å². The lowest BCUT2D eigenvalue weighted by Crippen LogP contribution is -3.12. The molecule has 0 aliphatic carbocycles. The summed E-state index contributed by atoms with van der Waals surface area (Å²) in [5.41, 5.74) is 1.45. The van der Waals surface area contributed by atoms with E-state index in [4.69, 9.17) is 5.26 Å². The third-order valence-electron chi connectivity index (χ3n) is 3.68. The first-order valence-corrected chi connectivity index (χ1v) is 6.45. The van der Waals surface area contributed by atoms with E-state index in [1.54, 1.807) is 6.92 Å². The number of nitrogens with zero attached hydrogens (tertiary/aromatic N) is 3. The Kier molecular flexibility index (Phi) is 3.78. The Bertz CT molecular complexity index is 535. The lowest BCUT2D eigenvalue weighted by Gasteiger charge is -2.23. The first kappa shape index (κ1) is 12.8. The Morgan fingerprint density at radius 1 is 1.33 bits per heavy atom. The standard InChI is InChI=1S/C13H18N4O/c1-10-11(2)15-17(13(18)12(10)8-14)9-16-6-4-3-5-7-16/h3-7,9H2,1-2H3/p+1. The summed E-state index contributed by atoms with van der Waals surface area (Å²) >= 11 is 0. The van der Waals surface area contributed by atoms with E-state index in [1.807, 2.05) is 13.0 Å². The Morgan fingerprint density at radius 3 is 2.61 bits per heavy atom.